The summed E-state index contributed by atoms with van der Waals surface area (Å²) in [6, 6.07) is 6.87. The Balaban J connectivity index is 2.52. The zero-order valence-corrected chi connectivity index (χ0v) is 9.57. The molecule has 0 unspecified atom stereocenters. The molecule has 0 aliphatic heterocycles. The predicted molar refractivity (Wildman–Crippen MR) is 61.9 cm³/mol. The average Bonchev–Trinajstić information content (AvgIpc) is 2.25. The van der Waals surface area contributed by atoms with E-state index in [4.69, 9.17) is 4.74 Å². The molecule has 0 spiro atoms. The Morgan fingerprint density at radius 2 is 1.88 bits per heavy atom. The Hall–Kier alpha value is -1.04. The number of hydrogen-bond acceptors (Lipinski definition) is 2. The Bertz CT molecular complexity index is 361. The fourth-order valence-electron chi connectivity index (χ4n) is 0.942. The van der Waals surface area contributed by atoms with Crippen molar-refractivity contribution in [2.24, 2.45) is 0 Å². The number of halogens is 3. The van der Waals surface area contributed by atoms with Gasteiger partial charge in [-0.3, -0.25) is 0 Å². The first kappa shape index (κ1) is 13.0. The van der Waals surface area contributed by atoms with E-state index in [0.29, 0.717) is 5.75 Å². The van der Waals surface area contributed by atoms with Gasteiger partial charge in [0.1, 0.15) is 5.75 Å². The molecule has 0 heterocycles. The molecule has 0 amide bonds. The van der Waals surface area contributed by atoms with Crippen LogP contribution in [-0.2, 0) is 0 Å². The Labute approximate surface area is 96.7 Å². The fraction of sp³-hybridized carbons (Fsp3) is 0.200. The monoisotopic (exact) mass is 247 g/mol. The van der Waals surface area contributed by atoms with Crippen LogP contribution in [0.4, 0.5) is 12.9 Å². The van der Waals surface area contributed by atoms with Gasteiger partial charge in [-0.05, 0) is 30.5 Å². The molecule has 1 rings (SSSR count). The second kappa shape index (κ2) is 5.34. The molecular formula is C10H11BF3OS-. The summed E-state index contributed by atoms with van der Waals surface area (Å²) in [5, 5.41) is 0. The van der Waals surface area contributed by atoms with Gasteiger partial charge in [0.2, 0.25) is 0 Å². The molecule has 0 aliphatic rings. The van der Waals surface area contributed by atoms with E-state index in [9.17, 15) is 12.9 Å². The van der Waals surface area contributed by atoms with Crippen LogP contribution in [0.25, 0.3) is 0 Å². The highest BCUT2D eigenvalue weighted by Gasteiger charge is 2.26. The summed E-state index contributed by atoms with van der Waals surface area (Å²) < 4.78 is 41.4. The SMILES string of the molecule is C=C(COc1ccc(SC)cc1)[B-](F)(F)F. The smallest absolute Gasteiger partial charge is 0.492 e. The molecule has 1 aromatic carbocycles. The summed E-state index contributed by atoms with van der Waals surface area (Å²) >= 11 is 1.56. The molecule has 0 saturated heterocycles. The van der Waals surface area contributed by atoms with Gasteiger partial charge < -0.3 is 17.7 Å². The van der Waals surface area contributed by atoms with E-state index in [-0.39, 0.29) is 0 Å². The van der Waals surface area contributed by atoms with Crippen molar-refractivity contribution in [1.82, 2.24) is 0 Å². The first-order valence-electron chi connectivity index (χ1n) is 4.58. The maximum absolute atomic E-state index is 12.2. The van der Waals surface area contributed by atoms with Crippen LogP contribution >= 0.6 is 11.8 Å². The highest BCUT2D eigenvalue weighted by atomic mass is 32.2. The molecule has 88 valence electrons. The minimum atomic E-state index is -5.00. The molecule has 0 bridgehead atoms. The lowest BCUT2D eigenvalue weighted by molar-refractivity contribution is 0.346. The first-order valence-corrected chi connectivity index (χ1v) is 5.80. The van der Waals surface area contributed by atoms with E-state index in [1.807, 2.05) is 6.26 Å². The number of thioether (sulfide) groups is 1. The lowest BCUT2D eigenvalue weighted by Gasteiger charge is -2.18. The molecule has 0 N–H and O–H groups in total. The van der Waals surface area contributed by atoms with Gasteiger partial charge >= 0.3 is 6.98 Å². The maximum atomic E-state index is 12.2. The maximum Gasteiger partial charge on any atom is 0.508 e. The minimum Gasteiger partial charge on any atom is -0.492 e. The van der Waals surface area contributed by atoms with Crippen molar-refractivity contribution in [3.63, 3.8) is 0 Å². The van der Waals surface area contributed by atoms with Gasteiger partial charge in [-0.25, -0.2) is 0 Å². The zero-order valence-electron chi connectivity index (χ0n) is 8.75. The number of ether oxygens (including phenoxy) is 1. The quantitative estimate of drug-likeness (QED) is 0.579. The van der Waals surface area contributed by atoms with E-state index < -0.39 is 19.1 Å². The lowest BCUT2D eigenvalue weighted by Crippen LogP contribution is -2.23. The third kappa shape index (κ3) is 3.85. The second-order valence-corrected chi connectivity index (χ2v) is 4.08. The minimum absolute atomic E-state index is 0.416. The number of benzene rings is 1. The van der Waals surface area contributed by atoms with E-state index in [2.05, 4.69) is 6.58 Å². The average molecular weight is 247 g/mol. The molecule has 0 aliphatic carbocycles. The summed E-state index contributed by atoms with van der Waals surface area (Å²) in [6.45, 7) is -2.57. The molecule has 0 atom stereocenters. The molecule has 16 heavy (non-hydrogen) atoms. The van der Waals surface area contributed by atoms with Crippen molar-refractivity contribution >= 4 is 18.7 Å². The van der Waals surface area contributed by atoms with Crippen molar-refractivity contribution in [2.75, 3.05) is 12.9 Å². The van der Waals surface area contributed by atoms with E-state index in [1.54, 1.807) is 36.0 Å². The molecule has 0 aromatic heterocycles. The van der Waals surface area contributed by atoms with E-state index in [0.717, 1.165) is 4.90 Å². The van der Waals surface area contributed by atoms with E-state index >= 15 is 0 Å². The van der Waals surface area contributed by atoms with Gasteiger partial charge in [0.05, 0.1) is 6.61 Å². The third-order valence-corrected chi connectivity index (χ3v) is 2.69. The summed E-state index contributed by atoms with van der Waals surface area (Å²) in [5.74, 6) is 0.416. The number of hydrogen-bond donors (Lipinski definition) is 0. The number of rotatable bonds is 5. The summed E-state index contributed by atoms with van der Waals surface area (Å²) in [6.07, 6.45) is 1.92. The van der Waals surface area contributed by atoms with Crippen LogP contribution in [0.5, 0.6) is 5.75 Å². The zero-order chi connectivity index (χ0) is 12.2. The van der Waals surface area contributed by atoms with Crippen LogP contribution in [0.1, 0.15) is 0 Å². The van der Waals surface area contributed by atoms with Crippen LogP contribution in [0, 0.1) is 0 Å². The Kier molecular flexibility index (Phi) is 4.35. The van der Waals surface area contributed by atoms with Crippen molar-refractivity contribution in [3.05, 3.63) is 36.3 Å². The Morgan fingerprint density at radius 3 is 2.31 bits per heavy atom. The van der Waals surface area contributed by atoms with Crippen molar-refractivity contribution < 1.29 is 17.7 Å². The van der Waals surface area contributed by atoms with Crippen molar-refractivity contribution in [1.29, 1.82) is 0 Å². The highest BCUT2D eigenvalue weighted by molar-refractivity contribution is 7.98. The van der Waals surface area contributed by atoms with Crippen molar-refractivity contribution in [3.8, 4) is 5.75 Å². The largest absolute Gasteiger partial charge is 0.508 e. The predicted octanol–water partition coefficient (Wildman–Crippen LogP) is 3.73. The third-order valence-electron chi connectivity index (χ3n) is 1.95. The van der Waals surface area contributed by atoms with Gasteiger partial charge in [0.15, 0.2) is 0 Å². The molecule has 0 radical (unpaired) electrons. The molecule has 0 fully saturated rings. The normalized spacial score (nSPS) is 11.2. The fourth-order valence-corrected chi connectivity index (χ4v) is 1.35. The molecule has 6 heteroatoms. The summed E-state index contributed by atoms with van der Waals surface area (Å²) in [4.78, 5) is 1.03. The highest BCUT2D eigenvalue weighted by Crippen LogP contribution is 2.22. The van der Waals surface area contributed by atoms with Gasteiger partial charge in [0, 0.05) is 4.90 Å². The standard InChI is InChI=1S/C10H11BF3OS/c1-8(11(12,13)14)7-15-9-3-5-10(16-2)6-4-9/h3-6H,1,7H2,2H3/q-1. The van der Waals surface area contributed by atoms with Crippen molar-refractivity contribution in [2.45, 2.75) is 4.90 Å². The van der Waals surface area contributed by atoms with Crippen LogP contribution in [0.2, 0.25) is 0 Å². The molecule has 1 aromatic rings. The van der Waals surface area contributed by atoms with Gasteiger partial charge in [-0.1, -0.05) is 0 Å². The second-order valence-electron chi connectivity index (χ2n) is 3.20. The van der Waals surface area contributed by atoms with Crippen LogP contribution < -0.4 is 4.74 Å². The molecule has 0 saturated carbocycles. The molecular weight excluding hydrogens is 236 g/mol. The first-order chi connectivity index (χ1) is 7.43. The van der Waals surface area contributed by atoms with Gasteiger partial charge in [0.25, 0.3) is 0 Å². The van der Waals surface area contributed by atoms with Gasteiger partial charge in [-0.15, -0.1) is 23.8 Å². The van der Waals surface area contributed by atoms with Gasteiger partial charge in [-0.2, -0.15) is 0 Å². The van der Waals surface area contributed by atoms with E-state index in [1.165, 1.54) is 0 Å². The summed E-state index contributed by atoms with van der Waals surface area (Å²) in [7, 11) is 0. The van der Waals surface area contributed by atoms with Crippen LogP contribution in [-0.4, -0.2) is 19.8 Å². The van der Waals surface area contributed by atoms with Crippen LogP contribution in [0.15, 0.2) is 41.2 Å². The molecule has 1 nitrogen and oxygen atoms in total. The Morgan fingerprint density at radius 1 is 1.31 bits per heavy atom. The summed E-state index contributed by atoms with van der Waals surface area (Å²) in [5.41, 5.74) is -0.825. The topological polar surface area (TPSA) is 9.23 Å². The van der Waals surface area contributed by atoms with Crippen LogP contribution in [0.3, 0.4) is 0 Å². The lowest BCUT2D eigenvalue weighted by atomic mass is 9.81.